The highest BCUT2D eigenvalue weighted by molar-refractivity contribution is 4.91. The minimum absolute atomic E-state index is 0.0855. The molecule has 3 nitrogen and oxygen atoms in total. The van der Waals surface area contributed by atoms with Crippen molar-refractivity contribution in [3.8, 4) is 0 Å². The van der Waals surface area contributed by atoms with Crippen LogP contribution in [-0.2, 0) is 9.47 Å². The first-order chi connectivity index (χ1) is 9.15. The first-order valence-electron chi connectivity index (χ1n) is 8.05. The fraction of sp³-hybridized carbons (Fsp3) is 1.00. The molecule has 0 bridgehead atoms. The van der Waals surface area contributed by atoms with E-state index >= 15 is 0 Å². The molecule has 112 valence electrons. The van der Waals surface area contributed by atoms with Crippen LogP contribution in [0.3, 0.4) is 0 Å². The summed E-state index contributed by atoms with van der Waals surface area (Å²) >= 11 is 0. The molecular weight excluding hydrogens is 238 g/mol. The Morgan fingerprint density at radius 1 is 1.16 bits per heavy atom. The topological polar surface area (TPSA) is 30.5 Å². The summed E-state index contributed by atoms with van der Waals surface area (Å²) in [6.07, 6.45) is 7.63. The van der Waals surface area contributed by atoms with Crippen LogP contribution in [0.1, 0.15) is 52.4 Å². The van der Waals surface area contributed by atoms with Gasteiger partial charge in [-0.3, -0.25) is 0 Å². The zero-order valence-corrected chi connectivity index (χ0v) is 12.9. The maximum atomic E-state index is 6.55. The van der Waals surface area contributed by atoms with Crippen molar-refractivity contribution in [3.63, 3.8) is 0 Å². The lowest BCUT2D eigenvalue weighted by Gasteiger charge is -2.44. The van der Waals surface area contributed by atoms with Crippen LogP contribution >= 0.6 is 0 Å². The van der Waals surface area contributed by atoms with E-state index in [1.165, 1.54) is 25.7 Å². The Morgan fingerprint density at radius 2 is 1.79 bits per heavy atom. The Labute approximate surface area is 118 Å². The highest BCUT2D eigenvalue weighted by Crippen LogP contribution is 2.39. The van der Waals surface area contributed by atoms with E-state index < -0.39 is 0 Å². The number of likely N-dealkylation sites (N-methyl/N-ethyl adjacent to an activating group) is 1. The van der Waals surface area contributed by atoms with E-state index in [1.807, 2.05) is 7.05 Å². The standard InChI is InChI=1S/C16H31NO2/c1-13(2)14-4-8-16(9-5-14,12-17-3)19-15-6-10-18-11-7-15/h13-15,17H,4-12H2,1-3H3. The van der Waals surface area contributed by atoms with Gasteiger partial charge in [0.15, 0.2) is 0 Å². The van der Waals surface area contributed by atoms with Gasteiger partial charge in [0.05, 0.1) is 11.7 Å². The second kappa shape index (κ2) is 7.05. The summed E-state index contributed by atoms with van der Waals surface area (Å²) < 4.78 is 12.0. The Balaban J connectivity index is 1.90. The van der Waals surface area contributed by atoms with Gasteiger partial charge < -0.3 is 14.8 Å². The first kappa shape index (κ1) is 15.3. The van der Waals surface area contributed by atoms with Crippen molar-refractivity contribution in [1.82, 2.24) is 5.32 Å². The van der Waals surface area contributed by atoms with Gasteiger partial charge in [-0.25, -0.2) is 0 Å². The van der Waals surface area contributed by atoms with Gasteiger partial charge in [0.2, 0.25) is 0 Å². The second-order valence-corrected chi connectivity index (χ2v) is 6.72. The highest BCUT2D eigenvalue weighted by atomic mass is 16.5. The summed E-state index contributed by atoms with van der Waals surface area (Å²) in [6.45, 7) is 7.45. The minimum atomic E-state index is 0.0855. The number of ether oxygens (including phenoxy) is 2. The summed E-state index contributed by atoms with van der Waals surface area (Å²) in [7, 11) is 2.05. The molecule has 2 aliphatic rings. The van der Waals surface area contributed by atoms with Crippen LogP contribution in [0.4, 0.5) is 0 Å². The van der Waals surface area contributed by atoms with Crippen LogP contribution in [0, 0.1) is 11.8 Å². The fourth-order valence-corrected chi connectivity index (χ4v) is 3.64. The van der Waals surface area contributed by atoms with Gasteiger partial charge in [-0.05, 0) is 57.4 Å². The van der Waals surface area contributed by atoms with E-state index in [0.29, 0.717) is 6.10 Å². The lowest BCUT2D eigenvalue weighted by atomic mass is 9.74. The zero-order chi connectivity index (χ0) is 13.7. The number of hydrogen-bond donors (Lipinski definition) is 1. The average molecular weight is 269 g/mol. The van der Waals surface area contributed by atoms with Crippen molar-refractivity contribution in [2.24, 2.45) is 11.8 Å². The average Bonchev–Trinajstić information content (AvgIpc) is 2.40. The van der Waals surface area contributed by atoms with E-state index in [1.54, 1.807) is 0 Å². The molecule has 2 fully saturated rings. The normalized spacial score (nSPS) is 33.8. The Morgan fingerprint density at radius 3 is 2.32 bits per heavy atom. The van der Waals surface area contributed by atoms with Crippen molar-refractivity contribution >= 4 is 0 Å². The van der Waals surface area contributed by atoms with E-state index in [2.05, 4.69) is 19.2 Å². The van der Waals surface area contributed by atoms with Crippen molar-refractivity contribution in [1.29, 1.82) is 0 Å². The Bertz CT molecular complexity index is 253. The predicted molar refractivity (Wildman–Crippen MR) is 78.4 cm³/mol. The molecule has 0 aromatic carbocycles. The highest BCUT2D eigenvalue weighted by Gasteiger charge is 2.38. The van der Waals surface area contributed by atoms with Gasteiger partial charge in [-0.15, -0.1) is 0 Å². The third-order valence-electron chi connectivity index (χ3n) is 4.97. The minimum Gasteiger partial charge on any atom is -0.381 e. The molecule has 0 spiro atoms. The van der Waals surface area contributed by atoms with Crippen molar-refractivity contribution < 1.29 is 9.47 Å². The van der Waals surface area contributed by atoms with Crippen LogP contribution < -0.4 is 5.32 Å². The van der Waals surface area contributed by atoms with Crippen LogP contribution in [-0.4, -0.2) is 38.5 Å². The summed E-state index contributed by atoms with van der Waals surface area (Å²) in [5.41, 5.74) is 0.0855. The number of hydrogen-bond acceptors (Lipinski definition) is 3. The number of nitrogens with one attached hydrogen (secondary N) is 1. The zero-order valence-electron chi connectivity index (χ0n) is 12.9. The molecule has 2 rings (SSSR count). The summed E-state index contributed by atoms with van der Waals surface area (Å²) in [5, 5.41) is 3.36. The summed E-state index contributed by atoms with van der Waals surface area (Å²) in [4.78, 5) is 0. The van der Waals surface area contributed by atoms with E-state index in [9.17, 15) is 0 Å². The smallest absolute Gasteiger partial charge is 0.0810 e. The lowest BCUT2D eigenvalue weighted by molar-refractivity contribution is -0.144. The summed E-state index contributed by atoms with van der Waals surface area (Å²) in [6, 6.07) is 0. The molecule has 0 aromatic heterocycles. The monoisotopic (exact) mass is 269 g/mol. The van der Waals surface area contributed by atoms with E-state index in [0.717, 1.165) is 44.4 Å². The van der Waals surface area contributed by atoms with Crippen LogP contribution in [0.2, 0.25) is 0 Å². The van der Waals surface area contributed by atoms with E-state index in [4.69, 9.17) is 9.47 Å². The molecule has 1 saturated carbocycles. The molecule has 0 radical (unpaired) electrons. The molecule has 1 aliphatic heterocycles. The molecule has 0 unspecified atom stereocenters. The van der Waals surface area contributed by atoms with Crippen LogP contribution in [0.25, 0.3) is 0 Å². The van der Waals surface area contributed by atoms with Crippen molar-refractivity contribution in [3.05, 3.63) is 0 Å². The van der Waals surface area contributed by atoms with Crippen LogP contribution in [0.5, 0.6) is 0 Å². The summed E-state index contributed by atoms with van der Waals surface area (Å²) in [5.74, 6) is 1.71. The quantitative estimate of drug-likeness (QED) is 0.832. The van der Waals surface area contributed by atoms with Crippen molar-refractivity contribution in [2.75, 3.05) is 26.8 Å². The molecular formula is C16H31NO2. The molecule has 1 N–H and O–H groups in total. The third kappa shape index (κ3) is 4.17. The van der Waals surface area contributed by atoms with Gasteiger partial charge in [0, 0.05) is 19.8 Å². The Kier molecular flexibility index (Phi) is 5.67. The van der Waals surface area contributed by atoms with Gasteiger partial charge in [0.1, 0.15) is 0 Å². The largest absolute Gasteiger partial charge is 0.381 e. The predicted octanol–water partition coefficient (Wildman–Crippen LogP) is 2.99. The maximum absolute atomic E-state index is 6.55. The van der Waals surface area contributed by atoms with E-state index in [-0.39, 0.29) is 5.60 Å². The molecule has 1 aliphatic carbocycles. The first-order valence-corrected chi connectivity index (χ1v) is 8.05. The Hall–Kier alpha value is -0.120. The molecule has 0 aromatic rings. The fourth-order valence-electron chi connectivity index (χ4n) is 3.64. The molecule has 0 amide bonds. The van der Waals surface area contributed by atoms with Gasteiger partial charge in [0.25, 0.3) is 0 Å². The second-order valence-electron chi connectivity index (χ2n) is 6.72. The number of rotatable bonds is 5. The van der Waals surface area contributed by atoms with Gasteiger partial charge >= 0.3 is 0 Å². The van der Waals surface area contributed by atoms with Gasteiger partial charge in [-0.2, -0.15) is 0 Å². The van der Waals surface area contributed by atoms with Crippen molar-refractivity contribution in [2.45, 2.75) is 64.1 Å². The third-order valence-corrected chi connectivity index (χ3v) is 4.97. The van der Waals surface area contributed by atoms with Crippen LogP contribution in [0.15, 0.2) is 0 Å². The maximum Gasteiger partial charge on any atom is 0.0810 e. The molecule has 3 heteroatoms. The molecule has 19 heavy (non-hydrogen) atoms. The lowest BCUT2D eigenvalue weighted by Crippen LogP contribution is -2.48. The molecule has 0 atom stereocenters. The van der Waals surface area contributed by atoms with Gasteiger partial charge in [-0.1, -0.05) is 13.8 Å². The molecule has 1 saturated heterocycles. The molecule has 1 heterocycles. The SMILES string of the molecule is CNCC1(OC2CCOCC2)CCC(C(C)C)CC1.